The van der Waals surface area contributed by atoms with Crippen molar-refractivity contribution in [2.75, 3.05) is 45.8 Å². The fraction of sp³-hybridized carbons (Fsp3) is 0.773. The number of rotatable bonds is 4. The van der Waals surface area contributed by atoms with Crippen LogP contribution in [-0.4, -0.2) is 83.2 Å². The molecule has 0 spiro atoms. The zero-order valence-corrected chi connectivity index (χ0v) is 19.7. The van der Waals surface area contributed by atoms with Gasteiger partial charge in [0, 0.05) is 32.7 Å². The van der Waals surface area contributed by atoms with Crippen molar-refractivity contribution in [3.63, 3.8) is 0 Å². The summed E-state index contributed by atoms with van der Waals surface area (Å²) in [5.41, 5.74) is 6.74. The number of likely N-dealkylation sites (tertiary alicyclic amines) is 1. The SMILES string of the molecule is Cc1nc(CN2CCC(CN=C(N)N3CCN(C(=O)OC(C)(C)C)CC3)CC2)oc1C. The number of aromatic nitrogens is 1. The van der Waals surface area contributed by atoms with Crippen LogP contribution in [0.2, 0.25) is 0 Å². The summed E-state index contributed by atoms with van der Waals surface area (Å²) >= 11 is 0. The van der Waals surface area contributed by atoms with Gasteiger partial charge in [-0.25, -0.2) is 9.78 Å². The van der Waals surface area contributed by atoms with Crippen molar-refractivity contribution in [2.24, 2.45) is 16.6 Å². The number of carbonyl (C=O) groups excluding carboxylic acids is 1. The van der Waals surface area contributed by atoms with Crippen LogP contribution in [0.3, 0.4) is 0 Å². The molecule has 0 aliphatic carbocycles. The van der Waals surface area contributed by atoms with E-state index in [0.717, 1.165) is 56.4 Å². The van der Waals surface area contributed by atoms with Gasteiger partial charge >= 0.3 is 6.09 Å². The van der Waals surface area contributed by atoms with E-state index < -0.39 is 5.60 Å². The molecule has 1 amide bonds. The fourth-order valence-corrected chi connectivity index (χ4v) is 3.89. The number of carbonyl (C=O) groups is 1. The standard InChI is InChI=1S/C22H38N6O3/c1-16-17(2)30-19(25-16)15-26-8-6-18(7-9-26)14-24-20(23)27-10-12-28(13-11-27)21(29)31-22(3,4)5/h18H,6-15H2,1-5H3,(H2,23,24). The predicted octanol–water partition coefficient (Wildman–Crippen LogP) is 2.37. The number of amides is 1. The van der Waals surface area contributed by atoms with Gasteiger partial charge in [-0.2, -0.15) is 0 Å². The van der Waals surface area contributed by atoms with Crippen LogP contribution in [0.1, 0.15) is 51.0 Å². The topological polar surface area (TPSA) is 100 Å². The molecule has 0 atom stereocenters. The average molecular weight is 435 g/mol. The van der Waals surface area contributed by atoms with Crippen LogP contribution in [0.5, 0.6) is 0 Å². The van der Waals surface area contributed by atoms with E-state index in [2.05, 4.69) is 19.8 Å². The number of aliphatic imine (C=N–C) groups is 1. The number of oxazole rings is 1. The Kier molecular flexibility index (Phi) is 7.46. The van der Waals surface area contributed by atoms with Gasteiger partial charge in [-0.1, -0.05) is 0 Å². The fourth-order valence-electron chi connectivity index (χ4n) is 3.89. The zero-order chi connectivity index (χ0) is 22.6. The smallest absolute Gasteiger partial charge is 0.410 e. The number of hydrogen-bond acceptors (Lipinski definition) is 6. The summed E-state index contributed by atoms with van der Waals surface area (Å²) in [6, 6.07) is 0. The first-order chi connectivity index (χ1) is 14.6. The highest BCUT2D eigenvalue weighted by Gasteiger charge is 2.27. The third kappa shape index (κ3) is 6.85. The minimum atomic E-state index is -0.476. The molecular formula is C22H38N6O3. The van der Waals surface area contributed by atoms with Crippen molar-refractivity contribution in [1.82, 2.24) is 19.7 Å². The van der Waals surface area contributed by atoms with Crippen LogP contribution in [-0.2, 0) is 11.3 Å². The zero-order valence-electron chi connectivity index (χ0n) is 19.7. The second-order valence-corrected chi connectivity index (χ2v) is 9.62. The lowest BCUT2D eigenvalue weighted by atomic mass is 9.97. The maximum atomic E-state index is 12.2. The molecule has 1 aromatic rings. The molecule has 9 heteroatoms. The average Bonchev–Trinajstić information content (AvgIpc) is 3.03. The number of guanidine groups is 1. The van der Waals surface area contributed by atoms with E-state index in [0.29, 0.717) is 38.1 Å². The first-order valence-electron chi connectivity index (χ1n) is 11.3. The Morgan fingerprint density at radius 2 is 1.74 bits per heavy atom. The first-order valence-corrected chi connectivity index (χ1v) is 11.3. The van der Waals surface area contributed by atoms with Gasteiger partial charge in [0.05, 0.1) is 12.2 Å². The Bertz CT molecular complexity index is 749. The molecule has 9 nitrogen and oxygen atoms in total. The second-order valence-electron chi connectivity index (χ2n) is 9.62. The molecular weight excluding hydrogens is 396 g/mol. The van der Waals surface area contributed by atoms with E-state index in [1.165, 1.54) is 0 Å². The van der Waals surface area contributed by atoms with Crippen LogP contribution in [0.15, 0.2) is 9.41 Å². The number of ether oxygens (including phenoxy) is 1. The van der Waals surface area contributed by atoms with E-state index in [9.17, 15) is 4.79 Å². The number of aryl methyl sites for hydroxylation is 2. The third-order valence-electron chi connectivity index (χ3n) is 5.91. The number of piperazine rings is 1. The quantitative estimate of drug-likeness (QED) is 0.573. The van der Waals surface area contributed by atoms with E-state index in [1.807, 2.05) is 34.6 Å². The van der Waals surface area contributed by atoms with Crippen LogP contribution < -0.4 is 5.73 Å². The van der Waals surface area contributed by atoms with Crippen molar-refractivity contribution in [2.45, 2.75) is 59.6 Å². The number of hydrogen-bond donors (Lipinski definition) is 1. The molecule has 3 rings (SSSR count). The highest BCUT2D eigenvalue weighted by atomic mass is 16.6. The van der Waals surface area contributed by atoms with Crippen molar-refractivity contribution < 1.29 is 13.9 Å². The Hall–Kier alpha value is -2.29. The number of piperidine rings is 1. The molecule has 0 radical (unpaired) electrons. The van der Waals surface area contributed by atoms with Gasteiger partial charge in [0.15, 0.2) is 5.96 Å². The molecule has 31 heavy (non-hydrogen) atoms. The molecule has 3 heterocycles. The van der Waals surface area contributed by atoms with E-state index in [-0.39, 0.29) is 6.09 Å². The summed E-state index contributed by atoms with van der Waals surface area (Å²) in [7, 11) is 0. The summed E-state index contributed by atoms with van der Waals surface area (Å²) in [6.45, 7) is 15.7. The molecule has 0 aromatic carbocycles. The molecule has 174 valence electrons. The monoisotopic (exact) mass is 434 g/mol. The lowest BCUT2D eigenvalue weighted by molar-refractivity contribution is 0.0186. The Balaban J connectivity index is 1.38. The summed E-state index contributed by atoms with van der Waals surface area (Å²) < 4.78 is 11.2. The highest BCUT2D eigenvalue weighted by molar-refractivity contribution is 5.78. The van der Waals surface area contributed by atoms with Crippen LogP contribution in [0.25, 0.3) is 0 Å². The summed E-state index contributed by atoms with van der Waals surface area (Å²) in [4.78, 5) is 27.5. The van der Waals surface area contributed by atoms with E-state index >= 15 is 0 Å². The predicted molar refractivity (Wildman–Crippen MR) is 120 cm³/mol. The van der Waals surface area contributed by atoms with Crippen LogP contribution >= 0.6 is 0 Å². The van der Waals surface area contributed by atoms with Gasteiger partial charge in [-0.15, -0.1) is 0 Å². The van der Waals surface area contributed by atoms with Gasteiger partial charge < -0.3 is 24.7 Å². The Morgan fingerprint density at radius 1 is 1.13 bits per heavy atom. The van der Waals surface area contributed by atoms with Crippen molar-refractivity contribution >= 4 is 12.1 Å². The summed E-state index contributed by atoms with van der Waals surface area (Å²) in [5, 5.41) is 0. The highest BCUT2D eigenvalue weighted by Crippen LogP contribution is 2.20. The third-order valence-corrected chi connectivity index (χ3v) is 5.91. The molecule has 2 saturated heterocycles. The van der Waals surface area contributed by atoms with Gasteiger partial charge in [0.2, 0.25) is 5.89 Å². The maximum Gasteiger partial charge on any atom is 0.410 e. The Morgan fingerprint density at radius 3 is 2.29 bits per heavy atom. The normalized spacial score (nSPS) is 19.7. The van der Waals surface area contributed by atoms with Gasteiger partial charge in [-0.3, -0.25) is 9.89 Å². The molecule has 2 aliphatic heterocycles. The van der Waals surface area contributed by atoms with Gasteiger partial charge in [0.25, 0.3) is 0 Å². The largest absolute Gasteiger partial charge is 0.444 e. The lowest BCUT2D eigenvalue weighted by Gasteiger charge is -2.36. The molecule has 2 aliphatic rings. The molecule has 0 bridgehead atoms. The minimum absolute atomic E-state index is 0.260. The van der Waals surface area contributed by atoms with Crippen molar-refractivity contribution in [3.05, 3.63) is 17.3 Å². The van der Waals surface area contributed by atoms with Crippen molar-refractivity contribution in [3.8, 4) is 0 Å². The van der Waals surface area contributed by atoms with Gasteiger partial charge in [0.1, 0.15) is 11.4 Å². The molecule has 0 unspecified atom stereocenters. The summed E-state index contributed by atoms with van der Waals surface area (Å²) in [6.07, 6.45) is 1.94. The lowest BCUT2D eigenvalue weighted by Crippen LogP contribution is -2.53. The molecule has 2 N–H and O–H groups in total. The van der Waals surface area contributed by atoms with Gasteiger partial charge in [-0.05, 0) is 66.5 Å². The Labute approximate surface area is 185 Å². The van der Waals surface area contributed by atoms with Crippen LogP contribution in [0.4, 0.5) is 4.79 Å². The van der Waals surface area contributed by atoms with Crippen molar-refractivity contribution in [1.29, 1.82) is 0 Å². The first kappa shape index (κ1) is 23.4. The minimum Gasteiger partial charge on any atom is -0.444 e. The second kappa shape index (κ2) is 9.89. The molecule has 0 saturated carbocycles. The molecule has 1 aromatic heterocycles. The number of nitrogens with zero attached hydrogens (tertiary/aromatic N) is 5. The number of nitrogens with two attached hydrogens (primary N) is 1. The maximum absolute atomic E-state index is 12.2. The van der Waals surface area contributed by atoms with Crippen LogP contribution in [0, 0.1) is 19.8 Å². The molecule has 2 fully saturated rings. The summed E-state index contributed by atoms with van der Waals surface area (Å²) in [5.74, 6) is 2.84. The van der Waals surface area contributed by atoms with E-state index in [4.69, 9.17) is 14.9 Å². The van der Waals surface area contributed by atoms with E-state index in [1.54, 1.807) is 4.90 Å².